The molecule has 2 aromatic rings. The molecule has 0 spiro atoms. The fraction of sp³-hybridized carbons (Fsp3) is 0.318. The van der Waals surface area contributed by atoms with Crippen LogP contribution in [-0.4, -0.2) is 53.5 Å². The van der Waals surface area contributed by atoms with Gasteiger partial charge in [-0.2, -0.15) is 0 Å². The molecule has 1 atom stereocenters. The van der Waals surface area contributed by atoms with Crippen LogP contribution < -0.4 is 10.1 Å². The lowest BCUT2D eigenvalue weighted by Crippen LogP contribution is -2.38. The summed E-state index contributed by atoms with van der Waals surface area (Å²) in [6, 6.07) is 16.2. The lowest BCUT2D eigenvalue weighted by molar-refractivity contribution is -0.139. The molecule has 1 aliphatic rings. The van der Waals surface area contributed by atoms with Crippen LogP contribution in [0.5, 0.6) is 5.75 Å². The molecule has 1 aliphatic heterocycles. The first-order valence-electron chi connectivity index (χ1n) is 9.58. The van der Waals surface area contributed by atoms with Gasteiger partial charge in [-0.1, -0.05) is 36.4 Å². The van der Waals surface area contributed by atoms with E-state index >= 15 is 0 Å². The van der Waals surface area contributed by atoms with Gasteiger partial charge in [0.2, 0.25) is 5.91 Å². The summed E-state index contributed by atoms with van der Waals surface area (Å²) in [6.45, 7) is 0.655. The average molecular weight is 396 g/mol. The third-order valence-electron chi connectivity index (χ3n) is 4.81. The van der Waals surface area contributed by atoms with E-state index in [-0.39, 0.29) is 17.9 Å². The number of hydrogen-bond donors (Lipinski definition) is 2. The molecule has 2 amide bonds. The maximum absolute atomic E-state index is 12.5. The summed E-state index contributed by atoms with van der Waals surface area (Å²) in [5.74, 6) is -0.934. The van der Waals surface area contributed by atoms with E-state index in [1.807, 2.05) is 30.3 Å². The summed E-state index contributed by atoms with van der Waals surface area (Å²) in [7, 11) is 0. The molecule has 2 N–H and O–H groups in total. The molecular weight excluding hydrogens is 372 g/mol. The zero-order valence-corrected chi connectivity index (χ0v) is 16.0. The summed E-state index contributed by atoms with van der Waals surface area (Å²) in [5.41, 5.74) is 1.52. The summed E-state index contributed by atoms with van der Waals surface area (Å²) in [6.07, 6.45) is 1.86. The highest BCUT2D eigenvalue weighted by atomic mass is 16.5. The minimum atomic E-state index is -1.08. The highest BCUT2D eigenvalue weighted by molar-refractivity contribution is 5.94. The minimum absolute atomic E-state index is 0.0923. The van der Waals surface area contributed by atoms with Crippen LogP contribution in [0.25, 0.3) is 0 Å². The van der Waals surface area contributed by atoms with Gasteiger partial charge in [0.25, 0.3) is 5.91 Å². The van der Waals surface area contributed by atoms with Crippen molar-refractivity contribution in [2.45, 2.75) is 25.3 Å². The molecule has 7 nitrogen and oxygen atoms in total. The van der Waals surface area contributed by atoms with E-state index in [2.05, 4.69) is 5.32 Å². The largest absolute Gasteiger partial charge is 0.482 e. The number of nitrogens with one attached hydrogen (secondary N) is 1. The van der Waals surface area contributed by atoms with Crippen molar-refractivity contribution in [3.05, 3.63) is 65.7 Å². The molecule has 1 saturated heterocycles. The fourth-order valence-corrected chi connectivity index (χ4v) is 3.30. The smallest absolute Gasteiger partial charge is 0.341 e. The normalized spacial score (nSPS) is 15.7. The van der Waals surface area contributed by atoms with Crippen molar-refractivity contribution < 1.29 is 24.2 Å². The second-order valence-electron chi connectivity index (χ2n) is 6.99. The van der Waals surface area contributed by atoms with Gasteiger partial charge in [0.15, 0.2) is 6.61 Å². The van der Waals surface area contributed by atoms with E-state index in [4.69, 9.17) is 9.84 Å². The van der Waals surface area contributed by atoms with Gasteiger partial charge in [0, 0.05) is 31.1 Å². The predicted molar refractivity (Wildman–Crippen MR) is 107 cm³/mol. The number of likely N-dealkylation sites (tertiary alicyclic amines) is 1. The van der Waals surface area contributed by atoms with Crippen LogP contribution in [0, 0.1) is 0 Å². The highest BCUT2D eigenvalue weighted by Crippen LogP contribution is 2.16. The average Bonchev–Trinajstić information content (AvgIpc) is 3.20. The van der Waals surface area contributed by atoms with E-state index in [1.54, 1.807) is 23.1 Å². The zero-order chi connectivity index (χ0) is 20.6. The highest BCUT2D eigenvalue weighted by Gasteiger charge is 2.27. The van der Waals surface area contributed by atoms with Crippen LogP contribution in [-0.2, 0) is 16.0 Å². The first kappa shape index (κ1) is 20.4. The van der Waals surface area contributed by atoms with Gasteiger partial charge < -0.3 is 20.1 Å². The molecule has 1 unspecified atom stereocenters. The number of aliphatic carboxylic acids is 1. The van der Waals surface area contributed by atoms with Crippen molar-refractivity contribution in [1.29, 1.82) is 0 Å². The lowest BCUT2D eigenvalue weighted by atomic mass is 10.1. The molecule has 0 radical (unpaired) electrons. The quantitative estimate of drug-likeness (QED) is 0.713. The maximum atomic E-state index is 12.5. The molecule has 0 saturated carbocycles. The Hall–Kier alpha value is -3.35. The number of carboxylic acid groups (broad SMARTS) is 1. The van der Waals surface area contributed by atoms with Gasteiger partial charge in [-0.05, 0) is 36.6 Å². The summed E-state index contributed by atoms with van der Waals surface area (Å²) in [4.78, 5) is 37.3. The standard InChI is InChI=1S/C22H24N2O5/c25-20(10-9-16-5-2-1-3-6-16)24-12-11-18(14-24)23-22(28)17-7-4-8-19(13-17)29-15-21(26)27/h1-8,13,18H,9-12,14-15H2,(H,23,28)(H,26,27). The molecule has 0 aromatic heterocycles. The molecule has 3 rings (SSSR count). The van der Waals surface area contributed by atoms with Gasteiger partial charge in [0.05, 0.1) is 0 Å². The minimum Gasteiger partial charge on any atom is -0.482 e. The number of nitrogens with zero attached hydrogens (tertiary/aromatic N) is 1. The molecule has 0 aliphatic carbocycles. The summed E-state index contributed by atoms with van der Waals surface area (Å²) in [5, 5.41) is 11.6. The molecule has 1 fully saturated rings. The third-order valence-corrected chi connectivity index (χ3v) is 4.81. The van der Waals surface area contributed by atoms with E-state index in [0.717, 1.165) is 5.56 Å². The van der Waals surface area contributed by atoms with Gasteiger partial charge >= 0.3 is 5.97 Å². The maximum Gasteiger partial charge on any atom is 0.341 e. The van der Waals surface area contributed by atoms with Crippen molar-refractivity contribution in [3.63, 3.8) is 0 Å². The van der Waals surface area contributed by atoms with E-state index in [1.165, 1.54) is 6.07 Å². The molecule has 152 valence electrons. The Morgan fingerprint density at radius 2 is 1.90 bits per heavy atom. The fourth-order valence-electron chi connectivity index (χ4n) is 3.30. The van der Waals surface area contributed by atoms with Crippen molar-refractivity contribution in [1.82, 2.24) is 10.2 Å². The SMILES string of the molecule is O=C(O)COc1cccc(C(=O)NC2CCN(C(=O)CCc3ccccc3)C2)c1. The monoisotopic (exact) mass is 396 g/mol. The Balaban J connectivity index is 1.48. The third kappa shape index (κ3) is 6.07. The van der Waals surface area contributed by atoms with Crippen LogP contribution in [0.15, 0.2) is 54.6 Å². The number of benzene rings is 2. The number of ether oxygens (including phenoxy) is 1. The van der Waals surface area contributed by atoms with Gasteiger partial charge in [0.1, 0.15) is 5.75 Å². The van der Waals surface area contributed by atoms with Crippen LogP contribution in [0.2, 0.25) is 0 Å². The topological polar surface area (TPSA) is 95.9 Å². The van der Waals surface area contributed by atoms with E-state index < -0.39 is 12.6 Å². The zero-order valence-electron chi connectivity index (χ0n) is 16.0. The Bertz CT molecular complexity index is 869. The number of rotatable bonds is 8. The molecule has 2 aromatic carbocycles. The Morgan fingerprint density at radius 1 is 1.10 bits per heavy atom. The second kappa shape index (κ2) is 9.73. The molecule has 29 heavy (non-hydrogen) atoms. The van der Waals surface area contributed by atoms with Crippen LogP contribution in [0.1, 0.15) is 28.8 Å². The van der Waals surface area contributed by atoms with Crippen LogP contribution >= 0.6 is 0 Å². The van der Waals surface area contributed by atoms with Crippen LogP contribution in [0.4, 0.5) is 0 Å². The van der Waals surface area contributed by atoms with Gasteiger partial charge in [-0.3, -0.25) is 9.59 Å². The van der Waals surface area contributed by atoms with E-state index in [0.29, 0.717) is 43.7 Å². The Kier molecular flexibility index (Phi) is 6.84. The number of aryl methyl sites for hydroxylation is 1. The molecule has 0 bridgehead atoms. The summed E-state index contributed by atoms with van der Waals surface area (Å²) < 4.78 is 5.11. The first-order chi connectivity index (χ1) is 14.0. The van der Waals surface area contributed by atoms with Crippen molar-refractivity contribution >= 4 is 17.8 Å². The van der Waals surface area contributed by atoms with Crippen molar-refractivity contribution in [2.24, 2.45) is 0 Å². The predicted octanol–water partition coefficient (Wildman–Crippen LogP) is 2.11. The molecular formula is C22H24N2O5. The van der Waals surface area contributed by atoms with Gasteiger partial charge in [-0.15, -0.1) is 0 Å². The number of carbonyl (C=O) groups is 3. The van der Waals surface area contributed by atoms with Crippen LogP contribution in [0.3, 0.4) is 0 Å². The Labute approximate surface area is 169 Å². The molecule has 7 heteroatoms. The lowest BCUT2D eigenvalue weighted by Gasteiger charge is -2.17. The van der Waals surface area contributed by atoms with Crippen molar-refractivity contribution in [3.8, 4) is 5.75 Å². The summed E-state index contributed by atoms with van der Waals surface area (Å²) >= 11 is 0. The van der Waals surface area contributed by atoms with Crippen molar-refractivity contribution in [2.75, 3.05) is 19.7 Å². The number of carboxylic acids is 1. The number of hydrogen-bond acceptors (Lipinski definition) is 4. The first-order valence-corrected chi connectivity index (χ1v) is 9.58. The van der Waals surface area contributed by atoms with E-state index in [9.17, 15) is 14.4 Å². The second-order valence-corrected chi connectivity index (χ2v) is 6.99. The number of amides is 2. The Morgan fingerprint density at radius 3 is 2.66 bits per heavy atom. The number of carbonyl (C=O) groups excluding carboxylic acids is 2. The van der Waals surface area contributed by atoms with Gasteiger partial charge in [-0.25, -0.2) is 4.79 Å². The molecule has 1 heterocycles.